The predicted molar refractivity (Wildman–Crippen MR) is 60.0 cm³/mol. The largest absolute Gasteiger partial charge is 0.478 e. The highest BCUT2D eigenvalue weighted by Crippen LogP contribution is 2.21. The average molecular weight is 272 g/mol. The number of hydrogen-bond donors (Lipinski definition) is 2. The van der Waals surface area contributed by atoms with Crippen LogP contribution < -0.4 is 5.32 Å². The Balaban J connectivity index is 3.07. The number of hydrogen-bond acceptors (Lipinski definition) is 2. The third-order valence-corrected chi connectivity index (χ3v) is 2.30. The van der Waals surface area contributed by atoms with Crippen LogP contribution in [-0.2, 0) is 4.79 Å². The van der Waals surface area contributed by atoms with Gasteiger partial charge in [0.2, 0.25) is 5.91 Å². The van der Waals surface area contributed by atoms with Crippen LogP contribution in [0.1, 0.15) is 23.7 Å². The van der Waals surface area contributed by atoms with Crippen LogP contribution in [0, 0.1) is 0 Å². The van der Waals surface area contributed by atoms with Crippen LogP contribution in [0.4, 0.5) is 5.69 Å². The number of carbonyl (C=O) groups is 2. The Bertz CT molecular complexity index is 404. The SMILES string of the molecule is CCC(=O)Nc1cc(Br)ccc1C(=O)O. The Morgan fingerprint density at radius 3 is 2.67 bits per heavy atom. The first-order valence-electron chi connectivity index (χ1n) is 4.37. The van der Waals surface area contributed by atoms with Crippen molar-refractivity contribution < 1.29 is 14.7 Å². The monoisotopic (exact) mass is 271 g/mol. The summed E-state index contributed by atoms with van der Waals surface area (Å²) in [5.41, 5.74) is 0.392. The molecule has 0 saturated heterocycles. The second-order valence-electron chi connectivity index (χ2n) is 2.90. The molecule has 4 nitrogen and oxygen atoms in total. The van der Waals surface area contributed by atoms with E-state index < -0.39 is 5.97 Å². The summed E-state index contributed by atoms with van der Waals surface area (Å²) in [6.07, 6.45) is 0.311. The molecule has 0 atom stereocenters. The molecule has 2 N–H and O–H groups in total. The molecule has 0 aliphatic carbocycles. The first-order chi connectivity index (χ1) is 7.04. The van der Waals surface area contributed by atoms with Gasteiger partial charge >= 0.3 is 5.97 Å². The fraction of sp³-hybridized carbons (Fsp3) is 0.200. The van der Waals surface area contributed by atoms with E-state index in [-0.39, 0.29) is 11.5 Å². The highest BCUT2D eigenvalue weighted by Gasteiger charge is 2.11. The molecule has 0 heterocycles. The predicted octanol–water partition coefficient (Wildman–Crippen LogP) is 2.50. The molecular weight excluding hydrogens is 262 g/mol. The van der Waals surface area contributed by atoms with Crippen molar-refractivity contribution in [3.05, 3.63) is 28.2 Å². The summed E-state index contributed by atoms with van der Waals surface area (Å²) in [5, 5.41) is 11.4. The summed E-state index contributed by atoms with van der Waals surface area (Å²) in [6, 6.07) is 4.62. The van der Waals surface area contributed by atoms with Gasteiger partial charge in [-0.2, -0.15) is 0 Å². The maximum atomic E-state index is 11.1. The van der Waals surface area contributed by atoms with Crippen molar-refractivity contribution in [2.75, 3.05) is 5.32 Å². The number of anilines is 1. The minimum absolute atomic E-state index is 0.0833. The maximum Gasteiger partial charge on any atom is 0.337 e. The molecule has 0 aliphatic heterocycles. The molecule has 0 aromatic heterocycles. The first kappa shape index (κ1) is 11.7. The Morgan fingerprint density at radius 2 is 2.13 bits per heavy atom. The normalized spacial score (nSPS) is 9.73. The van der Waals surface area contributed by atoms with E-state index in [1.165, 1.54) is 6.07 Å². The Morgan fingerprint density at radius 1 is 1.47 bits per heavy atom. The molecular formula is C10H10BrNO3. The summed E-state index contributed by atoms with van der Waals surface area (Å²) >= 11 is 3.21. The van der Waals surface area contributed by atoms with Crippen LogP contribution in [-0.4, -0.2) is 17.0 Å². The minimum Gasteiger partial charge on any atom is -0.478 e. The topological polar surface area (TPSA) is 66.4 Å². The second-order valence-corrected chi connectivity index (χ2v) is 3.81. The van der Waals surface area contributed by atoms with E-state index in [1.807, 2.05) is 0 Å². The molecule has 0 fully saturated rings. The number of amides is 1. The average Bonchev–Trinajstić information content (AvgIpc) is 2.17. The van der Waals surface area contributed by atoms with Crippen molar-refractivity contribution in [2.45, 2.75) is 13.3 Å². The Hall–Kier alpha value is -1.36. The van der Waals surface area contributed by atoms with Crippen molar-refractivity contribution in [1.29, 1.82) is 0 Å². The summed E-state index contributed by atoms with van der Waals surface area (Å²) in [6.45, 7) is 1.70. The smallest absolute Gasteiger partial charge is 0.337 e. The molecule has 1 aromatic rings. The van der Waals surface area contributed by atoms with Crippen LogP contribution in [0.3, 0.4) is 0 Å². The van der Waals surface area contributed by atoms with E-state index >= 15 is 0 Å². The summed E-state index contributed by atoms with van der Waals surface area (Å²) in [4.78, 5) is 22.0. The molecule has 0 unspecified atom stereocenters. The van der Waals surface area contributed by atoms with Gasteiger partial charge in [-0.1, -0.05) is 22.9 Å². The first-order valence-corrected chi connectivity index (χ1v) is 5.16. The van der Waals surface area contributed by atoms with Crippen LogP contribution in [0.5, 0.6) is 0 Å². The van der Waals surface area contributed by atoms with E-state index in [0.717, 1.165) is 4.47 Å². The zero-order chi connectivity index (χ0) is 11.4. The lowest BCUT2D eigenvalue weighted by atomic mass is 10.2. The molecule has 1 aromatic carbocycles. The zero-order valence-corrected chi connectivity index (χ0v) is 9.67. The summed E-state index contributed by atoms with van der Waals surface area (Å²) in [5.74, 6) is -1.27. The molecule has 5 heteroatoms. The second kappa shape index (κ2) is 4.93. The number of benzene rings is 1. The van der Waals surface area contributed by atoms with Gasteiger partial charge in [0.15, 0.2) is 0 Å². The van der Waals surface area contributed by atoms with Crippen molar-refractivity contribution in [3.8, 4) is 0 Å². The molecule has 15 heavy (non-hydrogen) atoms. The third-order valence-electron chi connectivity index (χ3n) is 1.81. The standard InChI is InChI=1S/C10H10BrNO3/c1-2-9(13)12-8-5-6(11)3-4-7(8)10(14)15/h3-5H,2H2,1H3,(H,12,13)(H,14,15). The number of rotatable bonds is 3. The van der Waals surface area contributed by atoms with Gasteiger partial charge < -0.3 is 10.4 Å². The fourth-order valence-electron chi connectivity index (χ4n) is 1.04. The van der Waals surface area contributed by atoms with Gasteiger partial charge in [-0.3, -0.25) is 4.79 Å². The van der Waals surface area contributed by atoms with E-state index in [9.17, 15) is 9.59 Å². The van der Waals surface area contributed by atoms with Crippen LogP contribution in [0.25, 0.3) is 0 Å². The Kier molecular flexibility index (Phi) is 3.85. The van der Waals surface area contributed by atoms with Gasteiger partial charge in [0.1, 0.15) is 0 Å². The number of halogens is 1. The lowest BCUT2D eigenvalue weighted by Crippen LogP contribution is -2.13. The zero-order valence-electron chi connectivity index (χ0n) is 8.08. The lowest BCUT2D eigenvalue weighted by Gasteiger charge is -2.07. The van der Waals surface area contributed by atoms with Gasteiger partial charge in [-0.15, -0.1) is 0 Å². The molecule has 80 valence electrons. The number of aromatic carboxylic acids is 1. The molecule has 0 spiro atoms. The minimum atomic E-state index is -1.06. The Labute approximate surface area is 95.4 Å². The van der Waals surface area contributed by atoms with Crippen molar-refractivity contribution in [2.24, 2.45) is 0 Å². The fourth-order valence-corrected chi connectivity index (χ4v) is 1.41. The number of carboxylic acids is 1. The van der Waals surface area contributed by atoms with Gasteiger partial charge in [-0.05, 0) is 18.2 Å². The highest BCUT2D eigenvalue weighted by atomic mass is 79.9. The molecule has 1 amide bonds. The lowest BCUT2D eigenvalue weighted by molar-refractivity contribution is -0.115. The van der Waals surface area contributed by atoms with E-state index in [1.54, 1.807) is 19.1 Å². The van der Waals surface area contributed by atoms with Crippen LogP contribution in [0.2, 0.25) is 0 Å². The molecule has 0 bridgehead atoms. The molecule has 0 radical (unpaired) electrons. The number of carbonyl (C=O) groups excluding carboxylic acids is 1. The van der Waals surface area contributed by atoms with Gasteiger partial charge in [0, 0.05) is 10.9 Å². The molecule has 0 aliphatic rings. The van der Waals surface area contributed by atoms with Crippen LogP contribution >= 0.6 is 15.9 Å². The summed E-state index contributed by atoms with van der Waals surface area (Å²) < 4.78 is 0.721. The quantitative estimate of drug-likeness (QED) is 0.888. The van der Waals surface area contributed by atoms with Crippen molar-refractivity contribution in [3.63, 3.8) is 0 Å². The maximum absolute atomic E-state index is 11.1. The number of nitrogens with one attached hydrogen (secondary N) is 1. The van der Waals surface area contributed by atoms with Crippen LogP contribution in [0.15, 0.2) is 22.7 Å². The van der Waals surface area contributed by atoms with Gasteiger partial charge in [0.05, 0.1) is 11.3 Å². The summed E-state index contributed by atoms with van der Waals surface area (Å²) in [7, 11) is 0. The molecule has 0 saturated carbocycles. The number of carboxylic acid groups (broad SMARTS) is 1. The van der Waals surface area contributed by atoms with Gasteiger partial charge in [0.25, 0.3) is 0 Å². The highest BCUT2D eigenvalue weighted by molar-refractivity contribution is 9.10. The van der Waals surface area contributed by atoms with Crippen molar-refractivity contribution in [1.82, 2.24) is 0 Å². The van der Waals surface area contributed by atoms with E-state index in [2.05, 4.69) is 21.2 Å². The van der Waals surface area contributed by atoms with E-state index in [0.29, 0.717) is 12.1 Å². The molecule has 1 rings (SSSR count). The van der Waals surface area contributed by atoms with Crippen molar-refractivity contribution >= 4 is 33.5 Å². The van der Waals surface area contributed by atoms with E-state index in [4.69, 9.17) is 5.11 Å². The van der Waals surface area contributed by atoms with Gasteiger partial charge in [-0.25, -0.2) is 4.79 Å². The third kappa shape index (κ3) is 3.06.